The van der Waals surface area contributed by atoms with Gasteiger partial charge in [0.15, 0.2) is 0 Å². The zero-order chi connectivity index (χ0) is 10.5. The highest BCUT2D eigenvalue weighted by Crippen LogP contribution is 2.16. The summed E-state index contributed by atoms with van der Waals surface area (Å²) in [6, 6.07) is 4.08. The fourth-order valence-electron chi connectivity index (χ4n) is 1.61. The molecule has 1 unspecified atom stereocenters. The number of furan rings is 1. The second-order valence-corrected chi connectivity index (χ2v) is 3.37. The Bertz CT molecular complexity index is 366. The first kappa shape index (κ1) is 9.98. The van der Waals surface area contributed by atoms with Gasteiger partial charge in [-0.05, 0) is 18.7 Å². The fourth-order valence-corrected chi connectivity index (χ4v) is 1.61. The molecule has 4 nitrogen and oxygen atoms in total. The van der Waals surface area contributed by atoms with Crippen LogP contribution in [0.25, 0.3) is 0 Å². The molecule has 0 spiro atoms. The molecule has 2 aromatic rings. The molecule has 4 heteroatoms. The third-order valence-corrected chi connectivity index (χ3v) is 2.29. The number of nitrogens with zero attached hydrogens (tertiary/aromatic N) is 1. The summed E-state index contributed by atoms with van der Waals surface area (Å²) in [6.07, 6.45) is 6.11. The lowest BCUT2D eigenvalue weighted by atomic mass is 10.1. The SMILES string of the molecule is CCNC(Cc1ncc[nH]1)c1ccco1. The number of aromatic nitrogens is 2. The van der Waals surface area contributed by atoms with Crippen molar-refractivity contribution in [2.24, 2.45) is 0 Å². The molecular formula is C11H15N3O. The third kappa shape index (κ3) is 2.47. The van der Waals surface area contributed by atoms with Crippen molar-refractivity contribution in [3.8, 4) is 0 Å². The molecule has 0 aliphatic heterocycles. The van der Waals surface area contributed by atoms with E-state index in [-0.39, 0.29) is 6.04 Å². The van der Waals surface area contributed by atoms with Crippen LogP contribution in [0.4, 0.5) is 0 Å². The lowest BCUT2D eigenvalue weighted by Gasteiger charge is -2.13. The first-order valence-electron chi connectivity index (χ1n) is 5.15. The van der Waals surface area contributed by atoms with Crippen LogP contribution < -0.4 is 5.32 Å². The first-order valence-corrected chi connectivity index (χ1v) is 5.15. The van der Waals surface area contributed by atoms with Gasteiger partial charge in [-0.15, -0.1) is 0 Å². The predicted octanol–water partition coefficient (Wildman–Crippen LogP) is 1.90. The molecule has 0 bridgehead atoms. The van der Waals surface area contributed by atoms with E-state index in [1.54, 1.807) is 12.5 Å². The molecule has 0 saturated carbocycles. The van der Waals surface area contributed by atoms with Gasteiger partial charge < -0.3 is 14.7 Å². The summed E-state index contributed by atoms with van der Waals surface area (Å²) in [5.74, 6) is 1.92. The molecule has 0 fully saturated rings. The molecular weight excluding hydrogens is 190 g/mol. The molecule has 0 amide bonds. The van der Waals surface area contributed by atoms with Crippen LogP contribution in [0.2, 0.25) is 0 Å². The van der Waals surface area contributed by atoms with Gasteiger partial charge in [-0.25, -0.2) is 4.98 Å². The maximum atomic E-state index is 5.39. The minimum atomic E-state index is 0.191. The Morgan fingerprint density at radius 3 is 3.13 bits per heavy atom. The quantitative estimate of drug-likeness (QED) is 0.783. The van der Waals surface area contributed by atoms with E-state index in [1.807, 2.05) is 18.3 Å². The van der Waals surface area contributed by atoms with Gasteiger partial charge in [0.2, 0.25) is 0 Å². The number of H-pyrrole nitrogens is 1. The number of rotatable bonds is 5. The summed E-state index contributed by atoms with van der Waals surface area (Å²) in [7, 11) is 0. The average Bonchev–Trinajstić information content (AvgIpc) is 2.89. The molecule has 0 aromatic carbocycles. The largest absolute Gasteiger partial charge is 0.468 e. The molecule has 0 radical (unpaired) electrons. The number of hydrogen-bond donors (Lipinski definition) is 2. The van der Waals surface area contributed by atoms with Crippen LogP contribution in [-0.4, -0.2) is 16.5 Å². The Labute approximate surface area is 88.7 Å². The zero-order valence-electron chi connectivity index (χ0n) is 8.73. The smallest absolute Gasteiger partial charge is 0.121 e. The normalized spacial score (nSPS) is 12.9. The third-order valence-electron chi connectivity index (χ3n) is 2.29. The molecule has 0 aliphatic rings. The van der Waals surface area contributed by atoms with Gasteiger partial charge in [-0.2, -0.15) is 0 Å². The van der Waals surface area contributed by atoms with Crippen LogP contribution in [0, 0.1) is 0 Å². The van der Waals surface area contributed by atoms with E-state index < -0.39 is 0 Å². The molecule has 2 heterocycles. The summed E-state index contributed by atoms with van der Waals surface area (Å²) < 4.78 is 5.39. The highest BCUT2D eigenvalue weighted by atomic mass is 16.3. The van der Waals surface area contributed by atoms with Gasteiger partial charge in [0.25, 0.3) is 0 Å². The average molecular weight is 205 g/mol. The van der Waals surface area contributed by atoms with Crippen LogP contribution in [0.15, 0.2) is 35.2 Å². The maximum absolute atomic E-state index is 5.39. The highest BCUT2D eigenvalue weighted by molar-refractivity contribution is 5.07. The first-order chi connectivity index (χ1) is 7.40. The number of likely N-dealkylation sites (N-methyl/N-ethyl adjacent to an activating group) is 1. The van der Waals surface area contributed by atoms with Crippen molar-refractivity contribution in [1.29, 1.82) is 0 Å². The van der Waals surface area contributed by atoms with Gasteiger partial charge >= 0.3 is 0 Å². The van der Waals surface area contributed by atoms with Crippen molar-refractivity contribution in [2.75, 3.05) is 6.54 Å². The summed E-state index contributed by atoms with van der Waals surface area (Å²) in [5.41, 5.74) is 0. The number of hydrogen-bond acceptors (Lipinski definition) is 3. The van der Waals surface area contributed by atoms with Crippen LogP contribution in [0.3, 0.4) is 0 Å². The van der Waals surface area contributed by atoms with E-state index in [1.165, 1.54) is 0 Å². The van der Waals surface area contributed by atoms with Crippen molar-refractivity contribution in [3.63, 3.8) is 0 Å². The Morgan fingerprint density at radius 2 is 2.53 bits per heavy atom. The molecule has 80 valence electrons. The molecule has 0 aliphatic carbocycles. The van der Waals surface area contributed by atoms with Gasteiger partial charge in [-0.1, -0.05) is 6.92 Å². The Balaban J connectivity index is 2.07. The maximum Gasteiger partial charge on any atom is 0.121 e. The molecule has 1 atom stereocenters. The number of aromatic amines is 1. The van der Waals surface area contributed by atoms with Gasteiger partial charge in [0.1, 0.15) is 11.6 Å². The van der Waals surface area contributed by atoms with Crippen molar-refractivity contribution >= 4 is 0 Å². The Kier molecular flexibility index (Phi) is 3.19. The monoisotopic (exact) mass is 205 g/mol. The summed E-state index contributed by atoms with van der Waals surface area (Å²) in [6.45, 7) is 2.99. The van der Waals surface area contributed by atoms with Crippen LogP contribution >= 0.6 is 0 Å². The molecule has 2 rings (SSSR count). The van der Waals surface area contributed by atoms with E-state index in [0.29, 0.717) is 0 Å². The van der Waals surface area contributed by atoms with Crippen molar-refractivity contribution in [3.05, 3.63) is 42.4 Å². The van der Waals surface area contributed by atoms with E-state index in [2.05, 4.69) is 22.2 Å². The lowest BCUT2D eigenvalue weighted by Crippen LogP contribution is -2.22. The van der Waals surface area contributed by atoms with E-state index in [9.17, 15) is 0 Å². The number of nitrogens with one attached hydrogen (secondary N) is 2. The van der Waals surface area contributed by atoms with Crippen molar-refractivity contribution < 1.29 is 4.42 Å². The summed E-state index contributed by atoms with van der Waals surface area (Å²) in [5, 5.41) is 3.37. The van der Waals surface area contributed by atoms with Crippen molar-refractivity contribution in [1.82, 2.24) is 15.3 Å². The predicted molar refractivity (Wildman–Crippen MR) is 57.4 cm³/mol. The highest BCUT2D eigenvalue weighted by Gasteiger charge is 2.14. The van der Waals surface area contributed by atoms with E-state index >= 15 is 0 Å². The van der Waals surface area contributed by atoms with E-state index in [4.69, 9.17) is 4.42 Å². The van der Waals surface area contributed by atoms with Crippen molar-refractivity contribution in [2.45, 2.75) is 19.4 Å². The van der Waals surface area contributed by atoms with Crippen LogP contribution in [0.1, 0.15) is 24.6 Å². The minimum Gasteiger partial charge on any atom is -0.468 e. The van der Waals surface area contributed by atoms with E-state index in [0.717, 1.165) is 24.6 Å². The summed E-state index contributed by atoms with van der Waals surface area (Å²) >= 11 is 0. The minimum absolute atomic E-state index is 0.191. The summed E-state index contributed by atoms with van der Waals surface area (Å²) in [4.78, 5) is 7.31. The number of imidazole rings is 1. The standard InChI is InChI=1S/C11H15N3O/c1-2-12-9(10-4-3-7-15-10)8-11-13-5-6-14-11/h3-7,9,12H,2,8H2,1H3,(H,13,14). The van der Waals surface area contributed by atoms with Gasteiger partial charge in [0.05, 0.1) is 12.3 Å². The Morgan fingerprint density at radius 1 is 1.60 bits per heavy atom. The second-order valence-electron chi connectivity index (χ2n) is 3.37. The van der Waals surface area contributed by atoms with Gasteiger partial charge in [0, 0.05) is 18.8 Å². The Hall–Kier alpha value is -1.55. The molecule has 15 heavy (non-hydrogen) atoms. The van der Waals surface area contributed by atoms with Crippen LogP contribution in [0.5, 0.6) is 0 Å². The zero-order valence-corrected chi connectivity index (χ0v) is 8.73. The second kappa shape index (κ2) is 4.79. The fraction of sp³-hybridized carbons (Fsp3) is 0.364. The molecule has 2 N–H and O–H groups in total. The van der Waals surface area contributed by atoms with Gasteiger partial charge in [-0.3, -0.25) is 0 Å². The molecule has 0 saturated heterocycles. The topological polar surface area (TPSA) is 53.9 Å². The molecule has 2 aromatic heterocycles. The van der Waals surface area contributed by atoms with Crippen LogP contribution in [-0.2, 0) is 6.42 Å². The lowest BCUT2D eigenvalue weighted by molar-refractivity contribution is 0.412.